The van der Waals surface area contributed by atoms with Crippen LogP contribution in [-0.4, -0.2) is 0 Å². The van der Waals surface area contributed by atoms with E-state index in [1.807, 2.05) is 0 Å². The van der Waals surface area contributed by atoms with Crippen LogP contribution in [0.2, 0.25) is 0 Å². The summed E-state index contributed by atoms with van der Waals surface area (Å²) in [6.07, 6.45) is 2.38. The molecule has 0 spiro atoms. The Morgan fingerprint density at radius 1 is 0.385 bits per heavy atom. The van der Waals surface area contributed by atoms with Crippen molar-refractivity contribution >= 4 is 0 Å². The molecule has 26 heavy (non-hydrogen) atoms. The smallest absolute Gasteiger partial charge is 0.00135 e. The largest absolute Gasteiger partial charge is 0.0610 e. The molecule has 0 nitrogen and oxygen atoms in total. The van der Waals surface area contributed by atoms with E-state index in [4.69, 9.17) is 0 Å². The highest BCUT2D eigenvalue weighted by Gasteiger charge is 2.37. The van der Waals surface area contributed by atoms with Gasteiger partial charge in [-0.25, -0.2) is 0 Å². The Balaban J connectivity index is 1.41. The van der Waals surface area contributed by atoms with Crippen LogP contribution >= 0.6 is 0 Å². The summed E-state index contributed by atoms with van der Waals surface area (Å²) in [4.78, 5) is 0. The van der Waals surface area contributed by atoms with Gasteiger partial charge in [0.1, 0.15) is 0 Å². The van der Waals surface area contributed by atoms with E-state index in [1.165, 1.54) is 68.5 Å². The maximum atomic E-state index is 2.35. The zero-order chi connectivity index (χ0) is 16.6. The average Bonchev–Trinajstić information content (AvgIpc) is 3.55. The minimum atomic E-state index is 1.19. The minimum Gasteiger partial charge on any atom is -0.0610 e. The van der Waals surface area contributed by atoms with Gasteiger partial charge in [0.25, 0.3) is 0 Å². The monoisotopic (exact) mass is 326 g/mol. The molecule has 0 saturated carbocycles. The first-order valence-electron chi connectivity index (χ1n) is 9.47. The first-order valence-corrected chi connectivity index (χ1v) is 9.47. The standard InChI is InChI=1S/C26H14/c1-4-16(25-17(5-1)18-9-7-14-12-22(14)26(18)25)15-3-2-6-19-23(15)20-10-8-13-11-21(13)24(19)20/h1-10H,11-12H2. The van der Waals surface area contributed by atoms with E-state index in [-0.39, 0.29) is 0 Å². The van der Waals surface area contributed by atoms with Gasteiger partial charge in [0.2, 0.25) is 0 Å². The molecule has 4 aliphatic carbocycles. The molecular formula is C26H14. The van der Waals surface area contributed by atoms with Gasteiger partial charge in [0.15, 0.2) is 0 Å². The van der Waals surface area contributed by atoms with Crippen molar-refractivity contribution in [2.75, 3.05) is 0 Å². The zero-order valence-electron chi connectivity index (χ0n) is 14.2. The summed E-state index contributed by atoms with van der Waals surface area (Å²) < 4.78 is 0. The van der Waals surface area contributed by atoms with Crippen molar-refractivity contribution in [3.05, 3.63) is 82.9 Å². The molecule has 0 unspecified atom stereocenters. The summed E-state index contributed by atoms with van der Waals surface area (Å²) in [5.74, 6) is 0. The number of rotatable bonds is 1. The number of hydrogen-bond acceptors (Lipinski definition) is 0. The number of hydrogen-bond donors (Lipinski definition) is 0. The molecule has 0 radical (unpaired) electrons. The van der Waals surface area contributed by atoms with Crippen molar-refractivity contribution in [1.82, 2.24) is 0 Å². The molecule has 0 N–H and O–H groups in total. The second-order valence-corrected chi connectivity index (χ2v) is 8.06. The van der Waals surface area contributed by atoms with Crippen molar-refractivity contribution in [2.45, 2.75) is 12.8 Å². The average molecular weight is 326 g/mol. The fourth-order valence-corrected chi connectivity index (χ4v) is 5.42. The SMILES string of the molecule is c1cc(-c2cccc3c2-c2c-3ccc3c2C3)c2c(c1)-c1c-2ccc2c1C2. The lowest BCUT2D eigenvalue weighted by Crippen LogP contribution is -2.05. The van der Waals surface area contributed by atoms with Crippen LogP contribution in [0.1, 0.15) is 22.3 Å². The van der Waals surface area contributed by atoms with Gasteiger partial charge in [-0.05, 0) is 90.7 Å². The first-order chi connectivity index (χ1) is 12.9. The van der Waals surface area contributed by atoms with E-state index in [9.17, 15) is 0 Å². The lowest BCUT2D eigenvalue weighted by molar-refractivity contribution is 1.48. The predicted molar refractivity (Wildman–Crippen MR) is 106 cm³/mol. The lowest BCUT2D eigenvalue weighted by Gasteiger charge is -2.31. The van der Waals surface area contributed by atoms with Crippen molar-refractivity contribution in [3.8, 4) is 55.6 Å². The zero-order valence-corrected chi connectivity index (χ0v) is 14.2. The fourth-order valence-electron chi connectivity index (χ4n) is 5.42. The molecule has 0 saturated heterocycles. The molecule has 0 heterocycles. The highest BCUT2D eigenvalue weighted by atomic mass is 14.4. The summed E-state index contributed by atoms with van der Waals surface area (Å²) in [7, 11) is 0. The molecule has 118 valence electrons. The summed E-state index contributed by atoms with van der Waals surface area (Å²) >= 11 is 0. The highest BCUT2D eigenvalue weighted by Crippen LogP contribution is 2.61. The van der Waals surface area contributed by atoms with Crippen molar-refractivity contribution < 1.29 is 0 Å². The molecule has 0 atom stereocenters. The van der Waals surface area contributed by atoms with E-state index < -0.39 is 0 Å². The van der Waals surface area contributed by atoms with Gasteiger partial charge in [-0.2, -0.15) is 0 Å². The third-order valence-corrected chi connectivity index (χ3v) is 6.80. The van der Waals surface area contributed by atoms with Crippen molar-refractivity contribution in [2.24, 2.45) is 0 Å². The molecule has 4 aromatic carbocycles. The van der Waals surface area contributed by atoms with Gasteiger partial charge >= 0.3 is 0 Å². The van der Waals surface area contributed by atoms with Crippen LogP contribution in [0.25, 0.3) is 55.6 Å². The van der Waals surface area contributed by atoms with Gasteiger partial charge in [-0.3, -0.25) is 0 Å². The quantitative estimate of drug-likeness (QED) is 0.325. The van der Waals surface area contributed by atoms with E-state index in [1.54, 1.807) is 22.3 Å². The Morgan fingerprint density at radius 2 is 0.885 bits per heavy atom. The second-order valence-electron chi connectivity index (χ2n) is 8.06. The Labute approximate surface area is 151 Å². The molecule has 0 aromatic heterocycles. The van der Waals surface area contributed by atoms with Crippen LogP contribution in [0.15, 0.2) is 60.7 Å². The summed E-state index contributed by atoms with van der Waals surface area (Å²) in [5, 5.41) is 0. The predicted octanol–water partition coefficient (Wildman–Crippen LogP) is 6.46. The maximum absolute atomic E-state index is 2.35. The third-order valence-electron chi connectivity index (χ3n) is 6.80. The molecule has 4 aromatic rings. The molecule has 0 heteroatoms. The maximum Gasteiger partial charge on any atom is -0.00135 e. The van der Waals surface area contributed by atoms with Crippen LogP contribution in [0.4, 0.5) is 0 Å². The van der Waals surface area contributed by atoms with E-state index in [0.717, 1.165) is 0 Å². The van der Waals surface area contributed by atoms with Crippen LogP contribution in [-0.2, 0) is 12.8 Å². The second kappa shape index (κ2) is 3.68. The molecule has 0 bridgehead atoms. The van der Waals surface area contributed by atoms with Gasteiger partial charge in [0.05, 0.1) is 0 Å². The molecule has 8 rings (SSSR count). The van der Waals surface area contributed by atoms with Gasteiger partial charge in [-0.1, -0.05) is 60.7 Å². The topological polar surface area (TPSA) is 0 Å². The van der Waals surface area contributed by atoms with Crippen LogP contribution < -0.4 is 0 Å². The first kappa shape index (κ1) is 12.3. The summed E-state index contributed by atoms with van der Waals surface area (Å²) in [6, 6.07) is 23.0. The summed E-state index contributed by atoms with van der Waals surface area (Å²) in [6.45, 7) is 0. The minimum absolute atomic E-state index is 1.19. The highest BCUT2D eigenvalue weighted by molar-refractivity contribution is 6.16. The Hall–Kier alpha value is -3.12. The fraction of sp³-hybridized carbons (Fsp3) is 0.0769. The van der Waals surface area contributed by atoms with Crippen molar-refractivity contribution in [3.63, 3.8) is 0 Å². The van der Waals surface area contributed by atoms with Crippen LogP contribution in [0.3, 0.4) is 0 Å². The van der Waals surface area contributed by atoms with Gasteiger partial charge < -0.3 is 0 Å². The van der Waals surface area contributed by atoms with Gasteiger partial charge in [-0.15, -0.1) is 0 Å². The number of benzene rings is 4. The molecule has 4 aliphatic rings. The van der Waals surface area contributed by atoms with E-state index in [0.29, 0.717) is 0 Å². The number of fused-ring (bicyclic) bond motifs is 12. The van der Waals surface area contributed by atoms with Gasteiger partial charge in [0, 0.05) is 0 Å². The Kier molecular flexibility index (Phi) is 1.74. The third kappa shape index (κ3) is 1.20. The van der Waals surface area contributed by atoms with E-state index >= 15 is 0 Å². The lowest BCUT2D eigenvalue weighted by atomic mass is 9.72. The van der Waals surface area contributed by atoms with Crippen LogP contribution in [0, 0.1) is 0 Å². The van der Waals surface area contributed by atoms with E-state index in [2.05, 4.69) is 60.7 Å². The molecule has 0 fully saturated rings. The molecule has 0 amide bonds. The normalized spacial score (nSPS) is 14.6. The Bertz CT molecular complexity index is 1370. The van der Waals surface area contributed by atoms with Crippen molar-refractivity contribution in [1.29, 1.82) is 0 Å². The Morgan fingerprint density at radius 3 is 1.62 bits per heavy atom. The molecule has 0 aliphatic heterocycles. The molecular weight excluding hydrogens is 312 g/mol. The van der Waals surface area contributed by atoms with Crippen LogP contribution in [0.5, 0.6) is 0 Å². The summed E-state index contributed by atoms with van der Waals surface area (Å²) in [5.41, 5.74) is 20.9.